The van der Waals surface area contributed by atoms with Crippen molar-refractivity contribution in [1.82, 2.24) is 25.4 Å². The lowest BCUT2D eigenvalue weighted by Crippen LogP contribution is -2.22. The lowest BCUT2D eigenvalue weighted by molar-refractivity contribution is -0.140. The van der Waals surface area contributed by atoms with Gasteiger partial charge in [0, 0.05) is 24.8 Å². The third-order valence-corrected chi connectivity index (χ3v) is 4.62. The molecule has 0 saturated carbocycles. The number of aliphatic carboxylic acids is 1. The van der Waals surface area contributed by atoms with Crippen molar-refractivity contribution in [3.63, 3.8) is 0 Å². The number of nitrogens with zero attached hydrogens (tertiary/aromatic N) is 4. The number of carboxylic acids is 1. The SMILES string of the molecule is CCOc1cc(N2CC[C@@H](C(=O)O)C2)ccc1-c1nc2[nH]nnc2c(=O)[nH]1. The van der Waals surface area contributed by atoms with Crippen LogP contribution in [0.5, 0.6) is 5.75 Å². The van der Waals surface area contributed by atoms with Gasteiger partial charge in [-0.25, -0.2) is 10.1 Å². The number of ether oxygens (including phenoxy) is 1. The van der Waals surface area contributed by atoms with Gasteiger partial charge >= 0.3 is 5.97 Å². The van der Waals surface area contributed by atoms with Gasteiger partial charge in [-0.15, -0.1) is 5.10 Å². The predicted molar refractivity (Wildman–Crippen MR) is 96.9 cm³/mol. The van der Waals surface area contributed by atoms with Crippen LogP contribution in [0.1, 0.15) is 13.3 Å². The van der Waals surface area contributed by atoms with Crippen LogP contribution in [0.25, 0.3) is 22.6 Å². The number of aromatic amines is 2. The van der Waals surface area contributed by atoms with Gasteiger partial charge in [-0.3, -0.25) is 9.59 Å². The van der Waals surface area contributed by atoms with Gasteiger partial charge in [0.25, 0.3) is 5.56 Å². The zero-order valence-corrected chi connectivity index (χ0v) is 14.6. The molecule has 0 amide bonds. The molecule has 0 aliphatic carbocycles. The average Bonchev–Trinajstić information content (AvgIpc) is 3.31. The lowest BCUT2D eigenvalue weighted by Gasteiger charge is -2.20. The number of H-pyrrole nitrogens is 2. The van der Waals surface area contributed by atoms with E-state index in [0.29, 0.717) is 48.9 Å². The Labute approximate surface area is 153 Å². The zero-order valence-electron chi connectivity index (χ0n) is 14.6. The second-order valence-electron chi connectivity index (χ2n) is 6.31. The normalized spacial score (nSPS) is 16.8. The molecule has 3 N–H and O–H groups in total. The summed E-state index contributed by atoms with van der Waals surface area (Å²) < 4.78 is 5.75. The van der Waals surface area contributed by atoms with Gasteiger partial charge < -0.3 is 19.7 Å². The van der Waals surface area contributed by atoms with Crippen LogP contribution in [0.3, 0.4) is 0 Å². The van der Waals surface area contributed by atoms with Gasteiger partial charge in [0.2, 0.25) is 0 Å². The fourth-order valence-corrected chi connectivity index (χ4v) is 3.26. The summed E-state index contributed by atoms with van der Waals surface area (Å²) in [7, 11) is 0. The van der Waals surface area contributed by atoms with Crippen molar-refractivity contribution in [1.29, 1.82) is 0 Å². The van der Waals surface area contributed by atoms with Gasteiger partial charge in [-0.05, 0) is 25.5 Å². The Bertz CT molecular complexity index is 1060. The number of fused-ring (bicyclic) bond motifs is 1. The molecule has 10 nitrogen and oxygen atoms in total. The number of hydrogen-bond donors (Lipinski definition) is 3. The van der Waals surface area contributed by atoms with Gasteiger partial charge in [0.05, 0.1) is 18.1 Å². The molecule has 10 heteroatoms. The Hall–Kier alpha value is -3.43. The summed E-state index contributed by atoms with van der Waals surface area (Å²) in [4.78, 5) is 32.4. The van der Waals surface area contributed by atoms with E-state index in [-0.39, 0.29) is 17.0 Å². The Kier molecular flexibility index (Phi) is 4.22. The first-order valence-electron chi connectivity index (χ1n) is 8.63. The van der Waals surface area contributed by atoms with E-state index in [9.17, 15) is 14.7 Å². The van der Waals surface area contributed by atoms with Crippen molar-refractivity contribution in [2.24, 2.45) is 5.92 Å². The highest BCUT2D eigenvalue weighted by atomic mass is 16.5. The van der Waals surface area contributed by atoms with Crippen molar-refractivity contribution in [3.05, 3.63) is 28.6 Å². The third-order valence-electron chi connectivity index (χ3n) is 4.62. The van der Waals surface area contributed by atoms with Crippen LogP contribution in [0, 0.1) is 5.92 Å². The molecule has 1 atom stereocenters. The molecule has 1 aliphatic heterocycles. The van der Waals surface area contributed by atoms with Crippen molar-refractivity contribution in [2.75, 3.05) is 24.6 Å². The van der Waals surface area contributed by atoms with E-state index in [1.165, 1.54) is 0 Å². The molecule has 1 saturated heterocycles. The van der Waals surface area contributed by atoms with E-state index in [1.54, 1.807) is 0 Å². The molecule has 1 aromatic carbocycles. The predicted octanol–water partition coefficient (Wildman–Crippen LogP) is 1.02. The van der Waals surface area contributed by atoms with Gasteiger partial charge in [-0.1, -0.05) is 5.21 Å². The van der Waals surface area contributed by atoms with Crippen molar-refractivity contribution in [3.8, 4) is 17.1 Å². The number of hydrogen-bond acceptors (Lipinski definition) is 7. The smallest absolute Gasteiger partial charge is 0.308 e. The van der Waals surface area contributed by atoms with Crippen molar-refractivity contribution < 1.29 is 14.6 Å². The number of anilines is 1. The largest absolute Gasteiger partial charge is 0.493 e. The molecule has 1 aliphatic rings. The first kappa shape index (κ1) is 17.0. The summed E-state index contributed by atoms with van der Waals surface area (Å²) in [5, 5.41) is 19.1. The van der Waals surface area contributed by atoms with Gasteiger partial charge in [0.15, 0.2) is 11.2 Å². The standard InChI is InChI=1S/C17H18N6O4/c1-2-27-12-7-10(23-6-5-9(8-23)17(25)26)3-4-11(12)14-18-15-13(16(24)19-14)20-22-21-15/h3-4,7,9H,2,5-6,8H2,1H3,(H,25,26)(H2,18,19,20,21,22,24)/t9-/m1/s1. The molecule has 2 aromatic heterocycles. The number of aromatic nitrogens is 5. The molecule has 0 unspecified atom stereocenters. The molecule has 4 rings (SSSR count). The van der Waals surface area contributed by atoms with Crippen molar-refractivity contribution >= 4 is 22.8 Å². The Balaban J connectivity index is 1.72. The van der Waals surface area contributed by atoms with E-state index in [0.717, 1.165) is 5.69 Å². The van der Waals surface area contributed by atoms with E-state index < -0.39 is 5.97 Å². The monoisotopic (exact) mass is 370 g/mol. The first-order chi connectivity index (χ1) is 13.1. The summed E-state index contributed by atoms with van der Waals surface area (Å²) in [6, 6.07) is 5.53. The molecule has 3 heterocycles. The van der Waals surface area contributed by atoms with E-state index >= 15 is 0 Å². The first-order valence-corrected chi connectivity index (χ1v) is 8.63. The van der Waals surface area contributed by atoms with Crippen LogP contribution in [0.15, 0.2) is 23.0 Å². The second kappa shape index (κ2) is 6.71. The van der Waals surface area contributed by atoms with Gasteiger partial charge in [0.1, 0.15) is 11.6 Å². The molecule has 1 fully saturated rings. The number of benzene rings is 1. The Morgan fingerprint density at radius 2 is 2.30 bits per heavy atom. The maximum atomic E-state index is 12.2. The quantitative estimate of drug-likeness (QED) is 0.605. The fraction of sp³-hybridized carbons (Fsp3) is 0.353. The number of carboxylic acid groups (broad SMARTS) is 1. The highest BCUT2D eigenvalue weighted by Crippen LogP contribution is 2.34. The number of rotatable bonds is 5. The third kappa shape index (κ3) is 3.09. The minimum absolute atomic E-state index is 0.144. The molecule has 0 spiro atoms. The second-order valence-corrected chi connectivity index (χ2v) is 6.31. The number of carbonyl (C=O) groups is 1. The highest BCUT2D eigenvalue weighted by molar-refractivity contribution is 5.75. The molecule has 3 aromatic rings. The maximum absolute atomic E-state index is 12.2. The van der Waals surface area contributed by atoms with E-state index in [2.05, 4.69) is 25.4 Å². The van der Waals surface area contributed by atoms with Crippen LogP contribution >= 0.6 is 0 Å². The minimum Gasteiger partial charge on any atom is -0.493 e. The Morgan fingerprint density at radius 3 is 3.04 bits per heavy atom. The Morgan fingerprint density at radius 1 is 1.44 bits per heavy atom. The summed E-state index contributed by atoms with van der Waals surface area (Å²) in [6.07, 6.45) is 0.611. The summed E-state index contributed by atoms with van der Waals surface area (Å²) >= 11 is 0. The molecule has 0 bridgehead atoms. The van der Waals surface area contributed by atoms with Crippen molar-refractivity contribution in [2.45, 2.75) is 13.3 Å². The summed E-state index contributed by atoms with van der Waals surface area (Å²) in [6.45, 7) is 3.43. The molecule has 27 heavy (non-hydrogen) atoms. The summed E-state index contributed by atoms with van der Waals surface area (Å²) in [5.41, 5.74) is 1.55. The fourth-order valence-electron chi connectivity index (χ4n) is 3.26. The summed E-state index contributed by atoms with van der Waals surface area (Å²) in [5.74, 6) is -0.238. The molecule has 0 radical (unpaired) electrons. The van der Waals surface area contributed by atoms with E-state index in [4.69, 9.17) is 4.74 Å². The van der Waals surface area contributed by atoms with Crippen LogP contribution in [0.4, 0.5) is 5.69 Å². The topological polar surface area (TPSA) is 137 Å². The lowest BCUT2D eigenvalue weighted by atomic mass is 10.1. The minimum atomic E-state index is -0.776. The van der Waals surface area contributed by atoms with E-state index in [1.807, 2.05) is 30.0 Å². The average molecular weight is 370 g/mol. The molecular weight excluding hydrogens is 352 g/mol. The van der Waals surface area contributed by atoms with Crippen LogP contribution in [-0.4, -0.2) is 56.2 Å². The number of nitrogens with one attached hydrogen (secondary N) is 2. The highest BCUT2D eigenvalue weighted by Gasteiger charge is 2.28. The van der Waals surface area contributed by atoms with Gasteiger partial charge in [-0.2, -0.15) is 0 Å². The van der Waals surface area contributed by atoms with Crippen LogP contribution in [-0.2, 0) is 4.79 Å². The molecule has 140 valence electrons. The van der Waals surface area contributed by atoms with Crippen LogP contribution < -0.4 is 15.2 Å². The maximum Gasteiger partial charge on any atom is 0.308 e. The zero-order chi connectivity index (χ0) is 19.0. The molecular formula is C17H18N6O4. The van der Waals surface area contributed by atoms with Crippen LogP contribution in [0.2, 0.25) is 0 Å².